The molecule has 1 fully saturated rings. The first kappa shape index (κ1) is 11.8. The highest BCUT2D eigenvalue weighted by molar-refractivity contribution is 5.99. The number of rotatable bonds is 4. The minimum absolute atomic E-state index is 0.0244. The second-order valence-corrected chi connectivity index (χ2v) is 4.80. The van der Waals surface area contributed by atoms with Crippen molar-refractivity contribution >= 4 is 28.2 Å². The molecule has 1 aromatic heterocycles. The molecule has 0 atom stereocenters. The van der Waals surface area contributed by atoms with Gasteiger partial charge in [0.1, 0.15) is 0 Å². The van der Waals surface area contributed by atoms with Gasteiger partial charge in [-0.1, -0.05) is 0 Å². The number of nitrogens with zero attached hydrogens (tertiary/aromatic N) is 1. The lowest BCUT2D eigenvalue weighted by Crippen LogP contribution is -2.31. The number of hydrogen-bond acceptors (Lipinski definition) is 4. The first-order chi connectivity index (χ1) is 9.24. The first-order valence-electron chi connectivity index (χ1n) is 6.40. The van der Waals surface area contributed by atoms with Crippen molar-refractivity contribution in [1.29, 1.82) is 0 Å². The summed E-state index contributed by atoms with van der Waals surface area (Å²) in [5, 5.41) is 7.01. The van der Waals surface area contributed by atoms with Crippen molar-refractivity contribution in [2.24, 2.45) is 0 Å². The summed E-state index contributed by atoms with van der Waals surface area (Å²) >= 11 is 0. The number of amides is 1. The number of nitrogens with two attached hydrogens (primary N) is 1. The molecule has 98 valence electrons. The highest BCUT2D eigenvalue weighted by atomic mass is 16.2. The molecule has 5 nitrogen and oxygen atoms in total. The van der Waals surface area contributed by atoms with Gasteiger partial charge in [-0.2, -0.15) is 0 Å². The van der Waals surface area contributed by atoms with Gasteiger partial charge in [0, 0.05) is 23.3 Å². The molecule has 1 aliphatic carbocycles. The highest BCUT2D eigenvalue weighted by Gasteiger charge is 2.22. The number of nitrogens with one attached hydrogen (secondary N) is 2. The lowest BCUT2D eigenvalue weighted by molar-refractivity contribution is -0.119. The topological polar surface area (TPSA) is 80.0 Å². The highest BCUT2D eigenvalue weighted by Crippen LogP contribution is 2.26. The predicted octanol–water partition coefficient (Wildman–Crippen LogP) is 1.51. The lowest BCUT2D eigenvalue weighted by atomic mass is 10.1. The summed E-state index contributed by atoms with van der Waals surface area (Å²) in [6.07, 6.45) is 3.91. The van der Waals surface area contributed by atoms with Crippen LogP contribution >= 0.6 is 0 Å². The van der Waals surface area contributed by atoms with E-state index in [2.05, 4.69) is 15.6 Å². The van der Waals surface area contributed by atoms with Crippen LogP contribution in [0.15, 0.2) is 30.5 Å². The lowest BCUT2D eigenvalue weighted by Gasteiger charge is -2.10. The fourth-order valence-electron chi connectivity index (χ4n) is 2.03. The number of aromatic nitrogens is 1. The molecule has 3 rings (SSSR count). The first-order valence-corrected chi connectivity index (χ1v) is 6.40. The van der Waals surface area contributed by atoms with E-state index in [1.54, 1.807) is 12.3 Å². The van der Waals surface area contributed by atoms with E-state index in [0.29, 0.717) is 11.7 Å². The zero-order valence-corrected chi connectivity index (χ0v) is 10.5. The molecule has 0 unspecified atom stereocenters. The molecule has 1 amide bonds. The summed E-state index contributed by atoms with van der Waals surface area (Å²) in [6, 6.07) is 7.87. The minimum Gasteiger partial charge on any atom is -0.397 e. The fourth-order valence-corrected chi connectivity index (χ4v) is 2.03. The third kappa shape index (κ3) is 2.59. The van der Waals surface area contributed by atoms with Crippen LogP contribution in [0.3, 0.4) is 0 Å². The fraction of sp³-hybridized carbons (Fsp3) is 0.286. The van der Waals surface area contributed by atoms with E-state index in [1.807, 2.05) is 18.2 Å². The molecule has 0 saturated heterocycles. The molecule has 2 aromatic rings. The summed E-state index contributed by atoms with van der Waals surface area (Å²) in [7, 11) is 0. The van der Waals surface area contributed by atoms with E-state index in [4.69, 9.17) is 5.73 Å². The van der Waals surface area contributed by atoms with Crippen molar-refractivity contribution in [1.82, 2.24) is 10.3 Å². The Hall–Kier alpha value is -2.30. The largest absolute Gasteiger partial charge is 0.397 e. The van der Waals surface area contributed by atoms with Gasteiger partial charge in [-0.25, -0.2) is 0 Å². The predicted molar refractivity (Wildman–Crippen MR) is 75.8 cm³/mol. The Morgan fingerprint density at radius 2 is 2.21 bits per heavy atom. The molecular weight excluding hydrogens is 240 g/mol. The van der Waals surface area contributed by atoms with E-state index in [-0.39, 0.29) is 12.5 Å². The van der Waals surface area contributed by atoms with Gasteiger partial charge in [-0.15, -0.1) is 0 Å². The average Bonchev–Trinajstić information content (AvgIpc) is 3.22. The Morgan fingerprint density at radius 3 is 3.00 bits per heavy atom. The summed E-state index contributed by atoms with van der Waals surface area (Å²) in [4.78, 5) is 15.9. The Labute approximate surface area is 111 Å². The normalized spacial score (nSPS) is 14.3. The molecule has 1 aromatic carbocycles. The summed E-state index contributed by atoms with van der Waals surface area (Å²) in [6.45, 7) is 0.268. The zero-order valence-electron chi connectivity index (χ0n) is 10.5. The van der Waals surface area contributed by atoms with Gasteiger partial charge in [0.2, 0.25) is 5.91 Å². The number of carbonyl (C=O) groups excluding carboxylic acids is 1. The molecule has 1 aliphatic rings. The van der Waals surface area contributed by atoms with Crippen LogP contribution in [-0.4, -0.2) is 23.5 Å². The number of carbonyl (C=O) groups is 1. The van der Waals surface area contributed by atoms with Crippen LogP contribution in [0.4, 0.5) is 11.4 Å². The smallest absolute Gasteiger partial charge is 0.239 e. The van der Waals surface area contributed by atoms with Crippen molar-refractivity contribution in [3.8, 4) is 0 Å². The Balaban J connectivity index is 1.76. The molecule has 0 bridgehead atoms. The van der Waals surface area contributed by atoms with Crippen LogP contribution in [0, 0.1) is 0 Å². The van der Waals surface area contributed by atoms with E-state index in [0.717, 1.165) is 29.4 Å². The van der Waals surface area contributed by atoms with Gasteiger partial charge < -0.3 is 16.4 Å². The Bertz CT molecular complexity index is 622. The van der Waals surface area contributed by atoms with Crippen LogP contribution < -0.4 is 16.4 Å². The maximum atomic E-state index is 11.7. The third-order valence-corrected chi connectivity index (χ3v) is 3.18. The van der Waals surface area contributed by atoms with Gasteiger partial charge in [0.05, 0.1) is 17.7 Å². The van der Waals surface area contributed by atoms with Crippen LogP contribution in [0.2, 0.25) is 0 Å². The summed E-state index contributed by atoms with van der Waals surface area (Å²) in [5.41, 5.74) is 8.17. The average molecular weight is 256 g/mol. The van der Waals surface area contributed by atoms with Crippen molar-refractivity contribution in [2.45, 2.75) is 18.9 Å². The molecule has 5 heteroatoms. The van der Waals surface area contributed by atoms with E-state index < -0.39 is 0 Å². The zero-order chi connectivity index (χ0) is 13.2. The van der Waals surface area contributed by atoms with Crippen molar-refractivity contribution < 1.29 is 4.79 Å². The van der Waals surface area contributed by atoms with E-state index >= 15 is 0 Å². The van der Waals surface area contributed by atoms with Crippen LogP contribution in [-0.2, 0) is 4.79 Å². The number of fused-ring (bicyclic) bond motifs is 1. The third-order valence-electron chi connectivity index (χ3n) is 3.18. The van der Waals surface area contributed by atoms with Crippen molar-refractivity contribution in [3.05, 3.63) is 30.5 Å². The Morgan fingerprint density at radius 1 is 1.37 bits per heavy atom. The maximum Gasteiger partial charge on any atom is 0.239 e. The van der Waals surface area contributed by atoms with Gasteiger partial charge in [-0.3, -0.25) is 9.78 Å². The molecule has 0 radical (unpaired) electrons. The molecule has 0 spiro atoms. The number of hydrogen-bond donors (Lipinski definition) is 3. The van der Waals surface area contributed by atoms with Crippen molar-refractivity contribution in [3.63, 3.8) is 0 Å². The van der Waals surface area contributed by atoms with Gasteiger partial charge in [0.25, 0.3) is 0 Å². The number of benzene rings is 1. The van der Waals surface area contributed by atoms with E-state index in [1.165, 1.54) is 0 Å². The quantitative estimate of drug-likeness (QED) is 0.724. The molecule has 0 aliphatic heterocycles. The van der Waals surface area contributed by atoms with Crippen LogP contribution in [0.25, 0.3) is 10.9 Å². The molecule has 19 heavy (non-hydrogen) atoms. The molecule has 4 N–H and O–H groups in total. The Kier molecular flexibility index (Phi) is 2.95. The van der Waals surface area contributed by atoms with E-state index in [9.17, 15) is 4.79 Å². The SMILES string of the molecule is Nc1ccc(NCC(=O)NC2CC2)c2cccnc12. The maximum absolute atomic E-state index is 11.7. The molecule has 1 saturated carbocycles. The monoisotopic (exact) mass is 256 g/mol. The van der Waals surface area contributed by atoms with Gasteiger partial charge in [0.15, 0.2) is 0 Å². The van der Waals surface area contributed by atoms with Gasteiger partial charge >= 0.3 is 0 Å². The van der Waals surface area contributed by atoms with Crippen LogP contribution in [0.1, 0.15) is 12.8 Å². The minimum atomic E-state index is 0.0244. The summed E-state index contributed by atoms with van der Waals surface area (Å²) in [5.74, 6) is 0.0244. The number of nitrogen functional groups attached to an aromatic ring is 1. The van der Waals surface area contributed by atoms with Gasteiger partial charge in [-0.05, 0) is 37.1 Å². The van der Waals surface area contributed by atoms with Crippen molar-refractivity contribution in [2.75, 3.05) is 17.6 Å². The molecular formula is C14H16N4O. The second kappa shape index (κ2) is 4.76. The number of pyridine rings is 1. The summed E-state index contributed by atoms with van der Waals surface area (Å²) < 4.78 is 0. The molecule has 1 heterocycles. The standard InChI is InChI=1S/C14H16N4O/c15-11-5-6-12(10-2-1-7-16-14(10)11)17-8-13(19)18-9-3-4-9/h1-2,5-7,9,17H,3-4,8,15H2,(H,18,19). The second-order valence-electron chi connectivity index (χ2n) is 4.80. The van der Waals surface area contributed by atoms with Crippen LogP contribution in [0.5, 0.6) is 0 Å². The number of anilines is 2.